The summed E-state index contributed by atoms with van der Waals surface area (Å²) in [5.41, 5.74) is -3.16. The molecule has 1 spiro atoms. The summed E-state index contributed by atoms with van der Waals surface area (Å²) in [5, 5.41) is 26.3. The normalized spacial score (nSPS) is 22.1. The van der Waals surface area contributed by atoms with Crippen LogP contribution in [-0.2, 0) is 33.9 Å². The fourth-order valence-electron chi connectivity index (χ4n) is 3.35. The monoisotopic (exact) mass is 493 g/mol. The molecule has 0 radical (unpaired) electrons. The number of carboxylic acid groups (broad SMARTS) is 3. The standard InChI is InChI=1S/C18H17ClFNO10S/c19-11-5-9(20)1-2-12(11)21-32(28,29)13-3-4-18(6-10(13)14(22)23)30-7-17(8-31-18,15(24)25)16(26)27/h1-2,5-6,13,21H,3-4,7-8H2,(H,22,23)(H,24,25)(H,26,27). The van der Waals surface area contributed by atoms with Crippen molar-refractivity contribution in [1.82, 2.24) is 0 Å². The Morgan fingerprint density at radius 2 is 1.72 bits per heavy atom. The Hall–Kier alpha value is -2.74. The molecule has 2 aliphatic rings. The largest absolute Gasteiger partial charge is 0.480 e. The van der Waals surface area contributed by atoms with E-state index in [9.17, 15) is 42.5 Å². The van der Waals surface area contributed by atoms with Gasteiger partial charge in [-0.15, -0.1) is 0 Å². The first kappa shape index (κ1) is 23.9. The molecule has 1 heterocycles. The number of ether oxygens (including phenoxy) is 2. The molecular formula is C18H17ClFNO10S. The number of carboxylic acids is 3. The molecule has 1 aliphatic carbocycles. The number of benzene rings is 1. The molecule has 32 heavy (non-hydrogen) atoms. The zero-order chi connectivity index (χ0) is 23.9. The van der Waals surface area contributed by atoms with Gasteiger partial charge in [0.25, 0.3) is 0 Å². The third-order valence-electron chi connectivity index (χ3n) is 5.23. The molecule has 11 nitrogen and oxygen atoms in total. The lowest BCUT2D eigenvalue weighted by Gasteiger charge is -2.43. The minimum absolute atomic E-state index is 0.157. The maximum Gasteiger partial charge on any atom is 0.332 e. The highest BCUT2D eigenvalue weighted by Crippen LogP contribution is 2.40. The van der Waals surface area contributed by atoms with E-state index in [0.29, 0.717) is 0 Å². The van der Waals surface area contributed by atoms with Crippen LogP contribution in [0.2, 0.25) is 5.02 Å². The van der Waals surface area contributed by atoms with Gasteiger partial charge in [0.1, 0.15) is 11.1 Å². The van der Waals surface area contributed by atoms with Crippen LogP contribution in [0.5, 0.6) is 0 Å². The number of hydrogen-bond acceptors (Lipinski definition) is 7. The van der Waals surface area contributed by atoms with Crippen molar-refractivity contribution in [3.63, 3.8) is 0 Å². The summed E-state index contributed by atoms with van der Waals surface area (Å²) in [7, 11) is -4.38. The average molecular weight is 494 g/mol. The smallest absolute Gasteiger partial charge is 0.332 e. The van der Waals surface area contributed by atoms with Gasteiger partial charge in [0.2, 0.25) is 15.4 Å². The molecule has 0 bridgehead atoms. The van der Waals surface area contributed by atoms with E-state index in [0.717, 1.165) is 24.3 Å². The topological polar surface area (TPSA) is 177 Å². The number of rotatable bonds is 6. The van der Waals surface area contributed by atoms with Crippen LogP contribution in [0.1, 0.15) is 12.8 Å². The Bertz CT molecular complexity index is 1090. The minimum Gasteiger partial charge on any atom is -0.480 e. The highest BCUT2D eigenvalue weighted by atomic mass is 35.5. The van der Waals surface area contributed by atoms with Gasteiger partial charge >= 0.3 is 17.9 Å². The summed E-state index contributed by atoms with van der Waals surface area (Å²) in [4.78, 5) is 34.6. The lowest BCUT2D eigenvalue weighted by atomic mass is 9.87. The molecule has 3 rings (SSSR count). The van der Waals surface area contributed by atoms with E-state index in [-0.39, 0.29) is 23.6 Å². The Morgan fingerprint density at radius 3 is 2.22 bits per heavy atom. The first-order valence-electron chi connectivity index (χ1n) is 8.99. The molecule has 1 unspecified atom stereocenters. The van der Waals surface area contributed by atoms with E-state index in [4.69, 9.17) is 21.1 Å². The maximum atomic E-state index is 13.2. The highest BCUT2D eigenvalue weighted by molar-refractivity contribution is 7.93. The summed E-state index contributed by atoms with van der Waals surface area (Å²) in [6.45, 7) is -1.64. The molecular weight excluding hydrogens is 477 g/mol. The fourth-order valence-corrected chi connectivity index (χ4v) is 5.18. The van der Waals surface area contributed by atoms with Gasteiger partial charge in [0.05, 0.1) is 29.5 Å². The van der Waals surface area contributed by atoms with Gasteiger partial charge in [-0.05, 0) is 30.7 Å². The van der Waals surface area contributed by atoms with Crippen LogP contribution in [0.4, 0.5) is 10.1 Å². The Kier molecular flexibility index (Phi) is 6.21. The molecule has 1 aliphatic heterocycles. The number of carbonyl (C=O) groups is 3. The van der Waals surface area contributed by atoms with E-state index in [2.05, 4.69) is 4.72 Å². The van der Waals surface area contributed by atoms with E-state index < -0.39 is 69.0 Å². The van der Waals surface area contributed by atoms with E-state index in [1.807, 2.05) is 0 Å². The second-order valence-electron chi connectivity index (χ2n) is 7.28. The molecule has 174 valence electrons. The van der Waals surface area contributed by atoms with Crippen molar-refractivity contribution in [3.05, 3.63) is 40.7 Å². The van der Waals surface area contributed by atoms with Crippen molar-refractivity contribution in [2.45, 2.75) is 23.9 Å². The Balaban J connectivity index is 1.89. The van der Waals surface area contributed by atoms with Crippen LogP contribution in [0, 0.1) is 11.2 Å². The lowest BCUT2D eigenvalue weighted by Crippen LogP contribution is -2.57. The SMILES string of the molecule is O=C(O)C1=CC2(CCC1S(=O)(=O)Nc1ccc(F)cc1Cl)OCC(C(=O)O)(C(=O)O)CO2. The van der Waals surface area contributed by atoms with E-state index in [1.54, 1.807) is 0 Å². The van der Waals surface area contributed by atoms with Crippen LogP contribution in [0.25, 0.3) is 0 Å². The van der Waals surface area contributed by atoms with Crippen molar-refractivity contribution in [2.24, 2.45) is 5.41 Å². The van der Waals surface area contributed by atoms with Crippen LogP contribution >= 0.6 is 11.6 Å². The Labute approximate surface area is 185 Å². The van der Waals surface area contributed by atoms with E-state index >= 15 is 0 Å². The molecule has 14 heteroatoms. The van der Waals surface area contributed by atoms with Crippen LogP contribution in [0.15, 0.2) is 29.8 Å². The predicted molar refractivity (Wildman–Crippen MR) is 105 cm³/mol. The molecule has 1 aromatic carbocycles. The molecule has 1 saturated heterocycles. The summed E-state index contributed by atoms with van der Waals surface area (Å²) in [6.07, 6.45) is 0.365. The fraction of sp³-hybridized carbons (Fsp3) is 0.389. The van der Waals surface area contributed by atoms with Gasteiger partial charge in [0.15, 0.2) is 5.79 Å². The summed E-state index contributed by atoms with van der Waals surface area (Å²) < 4.78 is 51.7. The van der Waals surface area contributed by atoms with Crippen molar-refractivity contribution < 1.29 is 52.0 Å². The van der Waals surface area contributed by atoms with Gasteiger partial charge < -0.3 is 24.8 Å². The number of nitrogens with one attached hydrogen (secondary N) is 1. The lowest BCUT2D eigenvalue weighted by molar-refractivity contribution is -0.279. The van der Waals surface area contributed by atoms with Gasteiger partial charge in [0, 0.05) is 6.42 Å². The summed E-state index contributed by atoms with van der Waals surface area (Å²) in [5.74, 6) is -7.50. The molecule has 1 fully saturated rings. The van der Waals surface area contributed by atoms with Gasteiger partial charge in [-0.3, -0.25) is 14.3 Å². The van der Waals surface area contributed by atoms with Crippen molar-refractivity contribution in [1.29, 1.82) is 0 Å². The molecule has 0 amide bonds. The van der Waals surface area contributed by atoms with Gasteiger partial charge in [-0.1, -0.05) is 11.6 Å². The number of sulfonamides is 1. The minimum atomic E-state index is -4.38. The van der Waals surface area contributed by atoms with Crippen molar-refractivity contribution >= 4 is 45.2 Å². The summed E-state index contributed by atoms with van der Waals surface area (Å²) in [6, 6.07) is 2.92. The molecule has 4 N–H and O–H groups in total. The van der Waals surface area contributed by atoms with Crippen LogP contribution < -0.4 is 4.72 Å². The highest BCUT2D eigenvalue weighted by Gasteiger charge is 2.56. The molecule has 0 aromatic heterocycles. The number of aliphatic carboxylic acids is 3. The number of halogens is 2. The van der Waals surface area contributed by atoms with Gasteiger partial charge in [-0.2, -0.15) is 0 Å². The van der Waals surface area contributed by atoms with Gasteiger partial charge in [-0.25, -0.2) is 17.6 Å². The molecule has 1 aromatic rings. The Morgan fingerprint density at radius 1 is 1.12 bits per heavy atom. The zero-order valence-electron chi connectivity index (χ0n) is 16.1. The first-order valence-corrected chi connectivity index (χ1v) is 10.9. The second-order valence-corrected chi connectivity index (χ2v) is 9.56. The molecule has 0 saturated carbocycles. The maximum absolute atomic E-state index is 13.2. The van der Waals surface area contributed by atoms with Crippen molar-refractivity contribution in [2.75, 3.05) is 17.9 Å². The van der Waals surface area contributed by atoms with Crippen molar-refractivity contribution in [3.8, 4) is 0 Å². The first-order chi connectivity index (χ1) is 14.8. The zero-order valence-corrected chi connectivity index (χ0v) is 17.7. The quantitative estimate of drug-likeness (QED) is 0.422. The summed E-state index contributed by atoms with van der Waals surface area (Å²) >= 11 is 5.83. The predicted octanol–water partition coefficient (Wildman–Crippen LogP) is 1.29. The van der Waals surface area contributed by atoms with E-state index in [1.165, 1.54) is 0 Å². The third-order valence-corrected chi connectivity index (χ3v) is 7.28. The number of hydrogen-bond donors (Lipinski definition) is 4. The van der Waals surface area contributed by atoms with Crippen LogP contribution in [0.3, 0.4) is 0 Å². The second kappa shape index (κ2) is 8.31. The average Bonchev–Trinajstić information content (AvgIpc) is 2.70. The van der Waals surface area contributed by atoms with Crippen LogP contribution in [-0.4, -0.2) is 65.9 Å². The third kappa shape index (κ3) is 4.28. The molecule has 1 atom stereocenters. The number of anilines is 1.